The van der Waals surface area contributed by atoms with Crippen LogP contribution in [0.15, 0.2) is 91.0 Å². The lowest BCUT2D eigenvalue weighted by Crippen LogP contribution is -2.44. The van der Waals surface area contributed by atoms with Crippen molar-refractivity contribution in [2.75, 3.05) is 14.2 Å². The van der Waals surface area contributed by atoms with Crippen molar-refractivity contribution in [3.63, 3.8) is 0 Å². The number of carbonyl (C=O) groups is 3. The standard InChI is InChI=1S/C42H51FN2O5Si/c1-29(2)45-36(25-24-34(46)26-35(27-37(47)49-7)50-51(8,9)42(3,4)5)38(32-20-22-33(43)23-21-32)39(31-18-14-11-15-19-31)40(45)41(48)44(6)28-30-16-12-10-13-17-30/h10-25,29,35H,26-28H2,1-9H3/b25-24+/t35-/m1/s1. The Balaban J connectivity index is 1.90. The number of hydrogen-bond acceptors (Lipinski definition) is 5. The summed E-state index contributed by atoms with van der Waals surface area (Å²) in [4.78, 5) is 42.5. The molecule has 51 heavy (non-hydrogen) atoms. The lowest BCUT2D eigenvalue weighted by molar-refractivity contribution is -0.142. The van der Waals surface area contributed by atoms with Gasteiger partial charge in [-0.3, -0.25) is 14.4 Å². The molecule has 1 atom stereocenters. The molecule has 0 aliphatic carbocycles. The van der Waals surface area contributed by atoms with Crippen LogP contribution in [0.25, 0.3) is 28.3 Å². The highest BCUT2D eigenvalue weighted by molar-refractivity contribution is 6.74. The van der Waals surface area contributed by atoms with Gasteiger partial charge in [-0.15, -0.1) is 0 Å². The van der Waals surface area contributed by atoms with Crippen LogP contribution in [-0.4, -0.2) is 55.7 Å². The highest BCUT2D eigenvalue weighted by Crippen LogP contribution is 2.43. The van der Waals surface area contributed by atoms with E-state index >= 15 is 0 Å². The predicted octanol–water partition coefficient (Wildman–Crippen LogP) is 9.74. The van der Waals surface area contributed by atoms with Gasteiger partial charge in [0.1, 0.15) is 11.5 Å². The van der Waals surface area contributed by atoms with E-state index in [0.717, 1.165) is 11.1 Å². The zero-order valence-corrected chi connectivity index (χ0v) is 32.3. The fraction of sp³-hybridized carbons (Fsp3) is 0.357. The Morgan fingerprint density at radius 3 is 1.98 bits per heavy atom. The number of benzene rings is 3. The Morgan fingerprint density at radius 1 is 0.863 bits per heavy atom. The molecule has 0 spiro atoms. The fourth-order valence-corrected chi connectivity index (χ4v) is 7.26. The van der Waals surface area contributed by atoms with Crippen molar-refractivity contribution in [2.24, 2.45) is 0 Å². The van der Waals surface area contributed by atoms with Gasteiger partial charge in [0.05, 0.1) is 25.3 Å². The molecule has 7 nitrogen and oxygen atoms in total. The maximum atomic E-state index is 14.6. The van der Waals surface area contributed by atoms with Gasteiger partial charge in [0, 0.05) is 37.2 Å². The minimum atomic E-state index is -2.34. The third kappa shape index (κ3) is 9.59. The lowest BCUT2D eigenvalue weighted by Gasteiger charge is -2.39. The van der Waals surface area contributed by atoms with Crippen LogP contribution in [0.2, 0.25) is 18.1 Å². The van der Waals surface area contributed by atoms with E-state index in [-0.39, 0.29) is 41.4 Å². The minimum Gasteiger partial charge on any atom is -0.469 e. The topological polar surface area (TPSA) is 77.8 Å². The Labute approximate surface area is 303 Å². The van der Waals surface area contributed by atoms with Gasteiger partial charge in [0.25, 0.3) is 5.91 Å². The molecule has 4 aromatic rings. The number of ether oxygens (including phenoxy) is 1. The second-order valence-electron chi connectivity index (χ2n) is 14.8. The van der Waals surface area contributed by atoms with E-state index in [1.807, 2.05) is 79.1 Å². The van der Waals surface area contributed by atoms with Gasteiger partial charge >= 0.3 is 5.97 Å². The molecular formula is C42H51FN2O5Si. The van der Waals surface area contributed by atoms with Crippen molar-refractivity contribution in [2.45, 2.75) is 84.3 Å². The molecular weight excluding hydrogens is 660 g/mol. The van der Waals surface area contributed by atoms with E-state index in [9.17, 15) is 18.8 Å². The Kier molecular flexibility index (Phi) is 12.8. The Hall–Kier alpha value is -4.60. The first-order chi connectivity index (χ1) is 24.0. The predicted molar refractivity (Wildman–Crippen MR) is 205 cm³/mol. The highest BCUT2D eigenvalue weighted by atomic mass is 28.4. The van der Waals surface area contributed by atoms with Crippen molar-refractivity contribution in [3.05, 3.63) is 114 Å². The van der Waals surface area contributed by atoms with E-state index in [0.29, 0.717) is 34.6 Å². The average molecular weight is 711 g/mol. The summed E-state index contributed by atoms with van der Waals surface area (Å²) in [6.07, 6.45) is 2.51. The van der Waals surface area contributed by atoms with Crippen molar-refractivity contribution in [1.29, 1.82) is 0 Å². The van der Waals surface area contributed by atoms with Crippen LogP contribution in [0.5, 0.6) is 0 Å². The summed E-state index contributed by atoms with van der Waals surface area (Å²) in [6.45, 7) is 14.9. The van der Waals surface area contributed by atoms with Crippen molar-refractivity contribution in [1.82, 2.24) is 9.47 Å². The fourth-order valence-electron chi connectivity index (χ4n) is 5.90. The van der Waals surface area contributed by atoms with Gasteiger partial charge in [0.2, 0.25) is 0 Å². The number of allylic oxidation sites excluding steroid dienone is 1. The summed E-state index contributed by atoms with van der Waals surface area (Å²) in [6, 6.07) is 25.4. The number of hydrogen-bond donors (Lipinski definition) is 0. The van der Waals surface area contributed by atoms with Gasteiger partial charge in [0.15, 0.2) is 14.1 Å². The second kappa shape index (κ2) is 16.6. The number of carbonyl (C=O) groups excluding carboxylic acids is 3. The van der Waals surface area contributed by atoms with Gasteiger partial charge < -0.3 is 18.6 Å². The van der Waals surface area contributed by atoms with Crippen molar-refractivity contribution in [3.8, 4) is 22.3 Å². The van der Waals surface area contributed by atoms with Crippen molar-refractivity contribution < 1.29 is 27.9 Å². The molecule has 1 amide bonds. The van der Waals surface area contributed by atoms with E-state index in [1.165, 1.54) is 25.3 Å². The first kappa shape index (κ1) is 39.2. The second-order valence-corrected chi connectivity index (χ2v) is 19.5. The van der Waals surface area contributed by atoms with Crippen LogP contribution in [0.3, 0.4) is 0 Å². The third-order valence-corrected chi connectivity index (χ3v) is 14.0. The molecule has 0 saturated carbocycles. The number of halogens is 1. The molecule has 9 heteroatoms. The normalized spacial score (nSPS) is 12.7. The quantitative estimate of drug-likeness (QED) is 0.0740. The third-order valence-electron chi connectivity index (χ3n) is 9.51. The molecule has 4 rings (SSSR count). The molecule has 1 heterocycles. The monoisotopic (exact) mass is 710 g/mol. The maximum absolute atomic E-state index is 14.6. The Morgan fingerprint density at radius 2 is 1.43 bits per heavy atom. The summed E-state index contributed by atoms with van der Waals surface area (Å²) < 4.78 is 27.8. The van der Waals surface area contributed by atoms with E-state index in [2.05, 4.69) is 33.9 Å². The molecule has 1 aromatic heterocycles. The number of esters is 1. The number of ketones is 1. The molecule has 0 bridgehead atoms. The van der Waals surface area contributed by atoms with Crippen LogP contribution >= 0.6 is 0 Å². The summed E-state index contributed by atoms with van der Waals surface area (Å²) in [5, 5.41) is -0.132. The summed E-state index contributed by atoms with van der Waals surface area (Å²) in [5.74, 6) is -1.26. The number of rotatable bonds is 14. The largest absolute Gasteiger partial charge is 0.469 e. The molecule has 0 aliphatic heterocycles. The van der Waals surface area contributed by atoms with Gasteiger partial charge in [-0.1, -0.05) is 93.6 Å². The molecule has 0 unspecified atom stereocenters. The van der Waals surface area contributed by atoms with Crippen LogP contribution in [0, 0.1) is 5.82 Å². The summed E-state index contributed by atoms with van der Waals surface area (Å²) >= 11 is 0. The molecule has 0 saturated heterocycles. The SMILES string of the molecule is COC(=O)C[C@@H](CC(=O)/C=C/c1c(-c2ccc(F)cc2)c(-c2ccccc2)c(C(=O)N(C)Cc2ccccc2)n1C(C)C)O[Si](C)(C)C(C)(C)C. The van der Waals surface area contributed by atoms with Crippen LogP contribution in [-0.2, 0) is 25.3 Å². The first-order valence-corrected chi connectivity index (χ1v) is 20.3. The molecule has 3 aromatic carbocycles. The average Bonchev–Trinajstić information content (AvgIpc) is 3.42. The van der Waals surface area contributed by atoms with Crippen molar-refractivity contribution >= 4 is 32.1 Å². The zero-order valence-electron chi connectivity index (χ0n) is 31.3. The maximum Gasteiger partial charge on any atom is 0.308 e. The van der Waals surface area contributed by atoms with Gasteiger partial charge in [-0.25, -0.2) is 4.39 Å². The van der Waals surface area contributed by atoms with Crippen LogP contribution < -0.4 is 0 Å². The van der Waals surface area contributed by atoms with E-state index < -0.39 is 20.4 Å². The van der Waals surface area contributed by atoms with Gasteiger partial charge in [-0.05, 0) is 73.0 Å². The summed E-state index contributed by atoms with van der Waals surface area (Å²) in [5.41, 5.74) is 5.00. The van der Waals surface area contributed by atoms with Crippen LogP contribution in [0.1, 0.15) is 75.2 Å². The molecule has 0 fully saturated rings. The number of aromatic nitrogens is 1. The molecule has 0 radical (unpaired) electrons. The minimum absolute atomic E-state index is 0.0243. The highest BCUT2D eigenvalue weighted by Gasteiger charge is 2.40. The van der Waals surface area contributed by atoms with E-state index in [4.69, 9.17) is 9.16 Å². The molecule has 0 N–H and O–H groups in total. The summed E-state index contributed by atoms with van der Waals surface area (Å²) in [7, 11) is 0.767. The zero-order chi connectivity index (χ0) is 37.5. The van der Waals surface area contributed by atoms with Crippen LogP contribution in [0.4, 0.5) is 4.39 Å². The lowest BCUT2D eigenvalue weighted by atomic mass is 9.94. The number of nitrogens with zero attached hydrogens (tertiary/aromatic N) is 2. The Bertz CT molecular complexity index is 1840. The number of methoxy groups -OCH3 is 1. The molecule has 0 aliphatic rings. The smallest absolute Gasteiger partial charge is 0.308 e. The first-order valence-electron chi connectivity index (χ1n) is 17.4. The number of amides is 1. The van der Waals surface area contributed by atoms with E-state index in [1.54, 1.807) is 30.2 Å². The van der Waals surface area contributed by atoms with Gasteiger partial charge in [-0.2, -0.15) is 0 Å². The molecule has 270 valence electrons.